The summed E-state index contributed by atoms with van der Waals surface area (Å²) in [6.07, 6.45) is 1.81. The molecule has 2 rings (SSSR count). The van der Waals surface area contributed by atoms with Gasteiger partial charge in [0.15, 0.2) is 0 Å². The molecular weight excluding hydrogens is 264 g/mol. The number of pyridine rings is 1. The van der Waals surface area contributed by atoms with Gasteiger partial charge in [-0.25, -0.2) is 4.98 Å². The Bertz CT molecular complexity index is 519. The molecule has 0 fully saturated rings. The van der Waals surface area contributed by atoms with Crippen LogP contribution in [-0.4, -0.2) is 4.98 Å². The molecule has 0 saturated carbocycles. The molecule has 1 N–H and O–H groups in total. The standard InChI is InChI=1S/C14H17ClN2S/c1-9-6-13(11(3)18-9)10(2)16-7-12-4-5-14(15)17-8-12/h4-6,8,10,16H,7H2,1-3H3. The summed E-state index contributed by atoms with van der Waals surface area (Å²) in [5.74, 6) is 0. The molecule has 0 aliphatic rings. The van der Waals surface area contributed by atoms with Gasteiger partial charge in [0.2, 0.25) is 0 Å². The van der Waals surface area contributed by atoms with Crippen LogP contribution in [0, 0.1) is 13.8 Å². The maximum atomic E-state index is 5.76. The van der Waals surface area contributed by atoms with Gasteiger partial charge in [-0.3, -0.25) is 0 Å². The van der Waals surface area contributed by atoms with Crippen LogP contribution in [0.3, 0.4) is 0 Å². The highest BCUT2D eigenvalue weighted by atomic mass is 35.5. The van der Waals surface area contributed by atoms with Crippen LogP contribution in [0.5, 0.6) is 0 Å². The zero-order valence-electron chi connectivity index (χ0n) is 10.8. The van der Waals surface area contributed by atoms with Crippen molar-refractivity contribution < 1.29 is 0 Å². The Balaban J connectivity index is 1.98. The number of nitrogens with zero attached hydrogens (tertiary/aromatic N) is 1. The highest BCUT2D eigenvalue weighted by Gasteiger charge is 2.10. The predicted molar refractivity (Wildman–Crippen MR) is 78.3 cm³/mol. The van der Waals surface area contributed by atoms with Crippen LogP contribution < -0.4 is 5.32 Å². The molecule has 0 aromatic carbocycles. The summed E-state index contributed by atoms with van der Waals surface area (Å²) in [5, 5.41) is 4.05. The largest absolute Gasteiger partial charge is 0.306 e. The molecule has 1 atom stereocenters. The van der Waals surface area contributed by atoms with E-state index >= 15 is 0 Å². The zero-order valence-corrected chi connectivity index (χ0v) is 12.4. The van der Waals surface area contributed by atoms with Gasteiger partial charge in [0.25, 0.3) is 0 Å². The Morgan fingerprint density at radius 2 is 2.17 bits per heavy atom. The molecule has 0 aliphatic carbocycles. The van der Waals surface area contributed by atoms with Crippen LogP contribution in [-0.2, 0) is 6.54 Å². The van der Waals surface area contributed by atoms with Gasteiger partial charge < -0.3 is 5.32 Å². The second-order valence-electron chi connectivity index (χ2n) is 4.46. The van der Waals surface area contributed by atoms with E-state index in [0.29, 0.717) is 11.2 Å². The minimum absolute atomic E-state index is 0.352. The number of hydrogen-bond donors (Lipinski definition) is 1. The molecule has 2 nitrogen and oxygen atoms in total. The van der Waals surface area contributed by atoms with Crippen molar-refractivity contribution in [1.29, 1.82) is 0 Å². The molecule has 0 amide bonds. The highest BCUT2D eigenvalue weighted by Crippen LogP contribution is 2.26. The van der Waals surface area contributed by atoms with Crippen LogP contribution in [0.2, 0.25) is 5.15 Å². The fourth-order valence-electron chi connectivity index (χ4n) is 1.97. The summed E-state index contributed by atoms with van der Waals surface area (Å²) in [6, 6.07) is 6.44. The summed E-state index contributed by atoms with van der Waals surface area (Å²) in [6.45, 7) is 7.32. The number of nitrogens with one attached hydrogen (secondary N) is 1. The molecule has 2 heterocycles. The molecule has 0 saturated heterocycles. The van der Waals surface area contributed by atoms with Crippen molar-refractivity contribution in [2.75, 3.05) is 0 Å². The molecule has 0 radical (unpaired) electrons. The van der Waals surface area contributed by atoms with Crippen molar-refractivity contribution in [2.45, 2.75) is 33.4 Å². The Labute approximate surface area is 117 Å². The molecule has 18 heavy (non-hydrogen) atoms. The van der Waals surface area contributed by atoms with E-state index in [1.54, 1.807) is 0 Å². The van der Waals surface area contributed by atoms with Crippen LogP contribution in [0.4, 0.5) is 0 Å². The molecule has 0 aliphatic heterocycles. The maximum Gasteiger partial charge on any atom is 0.129 e. The third-order valence-corrected chi connectivity index (χ3v) is 4.15. The molecule has 2 aromatic heterocycles. The summed E-state index contributed by atoms with van der Waals surface area (Å²) < 4.78 is 0. The van der Waals surface area contributed by atoms with Gasteiger partial charge in [-0.15, -0.1) is 11.3 Å². The maximum absolute atomic E-state index is 5.76. The van der Waals surface area contributed by atoms with Crippen LogP contribution in [0.15, 0.2) is 24.4 Å². The van der Waals surface area contributed by atoms with Crippen molar-refractivity contribution in [1.82, 2.24) is 10.3 Å². The Kier molecular flexibility index (Phi) is 4.38. The lowest BCUT2D eigenvalue weighted by molar-refractivity contribution is 0.573. The first kappa shape index (κ1) is 13.5. The van der Waals surface area contributed by atoms with E-state index in [1.807, 2.05) is 29.7 Å². The monoisotopic (exact) mass is 280 g/mol. The first-order valence-electron chi connectivity index (χ1n) is 5.97. The van der Waals surface area contributed by atoms with E-state index in [9.17, 15) is 0 Å². The predicted octanol–water partition coefficient (Wildman–Crippen LogP) is 4.26. The number of hydrogen-bond acceptors (Lipinski definition) is 3. The van der Waals surface area contributed by atoms with Gasteiger partial charge in [0.05, 0.1) is 0 Å². The van der Waals surface area contributed by atoms with Crippen LogP contribution in [0.25, 0.3) is 0 Å². The third kappa shape index (κ3) is 3.31. The van der Waals surface area contributed by atoms with Gasteiger partial charge in [-0.1, -0.05) is 17.7 Å². The highest BCUT2D eigenvalue weighted by molar-refractivity contribution is 7.12. The number of aryl methyl sites for hydroxylation is 2. The minimum atomic E-state index is 0.352. The average molecular weight is 281 g/mol. The molecule has 2 aromatic rings. The van der Waals surface area contributed by atoms with E-state index in [4.69, 9.17) is 11.6 Å². The lowest BCUT2D eigenvalue weighted by atomic mass is 10.1. The summed E-state index contributed by atoms with van der Waals surface area (Å²) >= 11 is 7.62. The van der Waals surface area contributed by atoms with Gasteiger partial charge in [-0.05, 0) is 44.0 Å². The normalized spacial score (nSPS) is 12.7. The first-order chi connectivity index (χ1) is 8.56. The van der Waals surface area contributed by atoms with Gasteiger partial charge in [0.1, 0.15) is 5.15 Å². The Morgan fingerprint density at radius 1 is 1.39 bits per heavy atom. The van der Waals surface area contributed by atoms with E-state index in [-0.39, 0.29) is 0 Å². The van der Waals surface area contributed by atoms with Crippen molar-refractivity contribution in [3.05, 3.63) is 50.4 Å². The van der Waals surface area contributed by atoms with Crippen LogP contribution >= 0.6 is 22.9 Å². The lowest BCUT2D eigenvalue weighted by Gasteiger charge is -2.13. The molecule has 0 spiro atoms. The Hall–Kier alpha value is -0.900. The first-order valence-corrected chi connectivity index (χ1v) is 7.16. The van der Waals surface area contributed by atoms with Crippen molar-refractivity contribution in [2.24, 2.45) is 0 Å². The lowest BCUT2D eigenvalue weighted by Crippen LogP contribution is -2.18. The van der Waals surface area contributed by atoms with E-state index in [1.165, 1.54) is 15.3 Å². The van der Waals surface area contributed by atoms with E-state index < -0.39 is 0 Å². The summed E-state index contributed by atoms with van der Waals surface area (Å²) in [4.78, 5) is 6.83. The number of aromatic nitrogens is 1. The van der Waals surface area contributed by atoms with E-state index in [0.717, 1.165) is 12.1 Å². The second-order valence-corrected chi connectivity index (χ2v) is 6.31. The fraction of sp³-hybridized carbons (Fsp3) is 0.357. The molecule has 1 unspecified atom stereocenters. The van der Waals surface area contributed by atoms with E-state index in [2.05, 4.69) is 37.1 Å². The van der Waals surface area contributed by atoms with Crippen molar-refractivity contribution in [3.63, 3.8) is 0 Å². The SMILES string of the molecule is Cc1cc(C(C)NCc2ccc(Cl)nc2)c(C)s1. The third-order valence-electron chi connectivity index (χ3n) is 2.95. The summed E-state index contributed by atoms with van der Waals surface area (Å²) in [7, 11) is 0. The topological polar surface area (TPSA) is 24.9 Å². The fourth-order valence-corrected chi connectivity index (χ4v) is 3.11. The quantitative estimate of drug-likeness (QED) is 0.846. The zero-order chi connectivity index (χ0) is 13.1. The van der Waals surface area contributed by atoms with Crippen molar-refractivity contribution in [3.8, 4) is 0 Å². The van der Waals surface area contributed by atoms with Crippen LogP contribution in [0.1, 0.15) is 33.8 Å². The molecule has 0 bridgehead atoms. The second kappa shape index (κ2) is 5.83. The van der Waals surface area contributed by atoms with Gasteiger partial charge >= 0.3 is 0 Å². The summed E-state index contributed by atoms with van der Waals surface area (Å²) in [5.41, 5.74) is 2.54. The molecule has 4 heteroatoms. The molecular formula is C14H17ClN2S. The number of rotatable bonds is 4. The van der Waals surface area contributed by atoms with Crippen molar-refractivity contribution >= 4 is 22.9 Å². The average Bonchev–Trinajstić information content (AvgIpc) is 2.67. The molecule has 96 valence electrons. The Morgan fingerprint density at radius 3 is 2.72 bits per heavy atom. The number of thiophene rings is 1. The van der Waals surface area contributed by atoms with Gasteiger partial charge in [-0.2, -0.15) is 0 Å². The smallest absolute Gasteiger partial charge is 0.129 e. The number of halogens is 1. The minimum Gasteiger partial charge on any atom is -0.306 e. The van der Waals surface area contributed by atoms with Gasteiger partial charge in [0, 0.05) is 28.5 Å².